The molecule has 4 rings (SSSR count). The number of fused-ring (bicyclic) bond motifs is 3. The lowest BCUT2D eigenvalue weighted by Crippen LogP contribution is -2.44. The van der Waals surface area contributed by atoms with Crippen molar-refractivity contribution >= 4 is 22.5 Å². The summed E-state index contributed by atoms with van der Waals surface area (Å²) in [6, 6.07) is 8.45. The summed E-state index contributed by atoms with van der Waals surface area (Å²) < 4.78 is 40.4. The highest BCUT2D eigenvalue weighted by atomic mass is 35.5. The van der Waals surface area contributed by atoms with Gasteiger partial charge < -0.3 is 9.88 Å². The maximum absolute atomic E-state index is 12.7. The lowest BCUT2D eigenvalue weighted by Gasteiger charge is -2.32. The maximum atomic E-state index is 12.7. The fraction of sp³-hybridized carbons (Fsp3) is 0.381. The van der Waals surface area contributed by atoms with Crippen LogP contribution in [0, 0.1) is 0 Å². The van der Waals surface area contributed by atoms with Crippen molar-refractivity contribution in [3.63, 3.8) is 0 Å². The van der Waals surface area contributed by atoms with Crippen LogP contribution in [0.1, 0.15) is 36.4 Å². The van der Waals surface area contributed by atoms with E-state index in [2.05, 4.69) is 28.7 Å². The summed E-state index contributed by atoms with van der Waals surface area (Å²) >= 11 is 6.22. The zero-order valence-corrected chi connectivity index (χ0v) is 16.5. The van der Waals surface area contributed by atoms with Gasteiger partial charge in [-0.1, -0.05) is 17.7 Å². The van der Waals surface area contributed by atoms with Gasteiger partial charge in [0.2, 0.25) is 0 Å². The van der Waals surface area contributed by atoms with E-state index in [1.54, 1.807) is 0 Å². The number of halogens is 4. The highest BCUT2D eigenvalue weighted by Gasteiger charge is 2.32. The number of alkyl halides is 3. The zero-order valence-electron chi connectivity index (χ0n) is 15.7. The summed E-state index contributed by atoms with van der Waals surface area (Å²) in [7, 11) is 0. The van der Waals surface area contributed by atoms with Crippen LogP contribution in [0.15, 0.2) is 36.5 Å². The van der Waals surface area contributed by atoms with Crippen LogP contribution in [-0.4, -0.2) is 15.1 Å². The van der Waals surface area contributed by atoms with Gasteiger partial charge in [0.05, 0.1) is 0 Å². The summed E-state index contributed by atoms with van der Waals surface area (Å²) in [6.07, 6.45) is -1.60. The molecule has 0 unspecified atom stereocenters. The molecule has 1 N–H and O–H groups in total. The third-order valence-electron chi connectivity index (χ3n) is 5.34. The molecule has 1 aromatic carbocycles. The van der Waals surface area contributed by atoms with Gasteiger partial charge in [0, 0.05) is 52.9 Å². The normalized spacial score (nSPS) is 16.4. The van der Waals surface area contributed by atoms with Crippen LogP contribution >= 0.6 is 11.6 Å². The zero-order chi connectivity index (χ0) is 20.1. The Labute approximate surface area is 166 Å². The van der Waals surface area contributed by atoms with Crippen molar-refractivity contribution in [1.29, 1.82) is 0 Å². The first-order chi connectivity index (χ1) is 13.1. The van der Waals surface area contributed by atoms with Crippen LogP contribution in [-0.2, 0) is 32.1 Å². The lowest BCUT2D eigenvalue weighted by molar-refractivity contribution is -0.141. The Balaban J connectivity index is 1.67. The number of nitrogens with one attached hydrogen (secondary N) is 1. The van der Waals surface area contributed by atoms with Crippen LogP contribution in [0.2, 0.25) is 5.02 Å². The molecule has 148 valence electrons. The molecule has 0 saturated heterocycles. The number of hydrogen-bond acceptors (Lipinski definition) is 2. The van der Waals surface area contributed by atoms with Crippen LogP contribution < -0.4 is 5.32 Å². The molecule has 0 saturated carbocycles. The van der Waals surface area contributed by atoms with Gasteiger partial charge in [-0.05, 0) is 55.7 Å². The van der Waals surface area contributed by atoms with Gasteiger partial charge in [-0.25, -0.2) is 0 Å². The molecule has 3 nitrogen and oxygen atoms in total. The Hall–Kier alpha value is -2.05. The lowest BCUT2D eigenvalue weighted by atomic mass is 9.91. The second-order valence-electron chi connectivity index (χ2n) is 7.95. The number of aromatic nitrogens is 2. The second-order valence-corrected chi connectivity index (χ2v) is 8.39. The third-order valence-corrected chi connectivity index (χ3v) is 5.58. The predicted octanol–water partition coefficient (Wildman–Crippen LogP) is 5.38. The molecule has 28 heavy (non-hydrogen) atoms. The van der Waals surface area contributed by atoms with Gasteiger partial charge in [0.25, 0.3) is 0 Å². The number of pyridine rings is 1. The molecular weight excluding hydrogens is 387 g/mol. The molecule has 0 radical (unpaired) electrons. The van der Waals surface area contributed by atoms with E-state index >= 15 is 0 Å². The molecule has 1 aliphatic rings. The van der Waals surface area contributed by atoms with E-state index in [0.29, 0.717) is 18.0 Å². The Kier molecular flexibility index (Phi) is 4.67. The Bertz CT molecular complexity index is 1020. The quantitative estimate of drug-likeness (QED) is 0.632. The van der Waals surface area contributed by atoms with Gasteiger partial charge in [-0.15, -0.1) is 0 Å². The standard InChI is InChI=1S/C21H21ClF3N3/c1-20(2)10-18-16(12-27-20)15-9-14(22)4-5-17(15)28(18)8-7-13-3-6-19(26-11-13)21(23,24)25/h3-6,9,11,27H,7-8,10,12H2,1-2H3. The van der Waals surface area contributed by atoms with Crippen molar-refractivity contribution in [2.24, 2.45) is 0 Å². The monoisotopic (exact) mass is 407 g/mol. The minimum atomic E-state index is -4.41. The van der Waals surface area contributed by atoms with Gasteiger partial charge >= 0.3 is 6.18 Å². The predicted molar refractivity (Wildman–Crippen MR) is 105 cm³/mol. The Morgan fingerprint density at radius 3 is 2.68 bits per heavy atom. The van der Waals surface area contributed by atoms with Crippen LogP contribution in [0.3, 0.4) is 0 Å². The van der Waals surface area contributed by atoms with Crippen molar-refractivity contribution < 1.29 is 13.2 Å². The minimum absolute atomic E-state index is 0.0150. The highest BCUT2D eigenvalue weighted by molar-refractivity contribution is 6.31. The molecule has 1 aliphatic heterocycles. The molecule has 3 aromatic rings. The van der Waals surface area contributed by atoms with Crippen LogP contribution in [0.5, 0.6) is 0 Å². The van der Waals surface area contributed by atoms with E-state index < -0.39 is 11.9 Å². The van der Waals surface area contributed by atoms with Crippen LogP contribution in [0.25, 0.3) is 10.9 Å². The third kappa shape index (κ3) is 3.63. The summed E-state index contributed by atoms with van der Waals surface area (Å²) in [5.74, 6) is 0. The average molecular weight is 408 g/mol. The molecule has 0 bridgehead atoms. The first kappa shape index (κ1) is 19.3. The molecule has 2 aromatic heterocycles. The molecule has 0 amide bonds. The van der Waals surface area contributed by atoms with Crippen molar-refractivity contribution in [3.05, 3.63) is 64.1 Å². The topological polar surface area (TPSA) is 29.9 Å². The van der Waals surface area contributed by atoms with E-state index in [4.69, 9.17) is 11.6 Å². The number of benzene rings is 1. The minimum Gasteiger partial charge on any atom is -0.344 e. The fourth-order valence-electron chi connectivity index (χ4n) is 3.89. The molecule has 0 fully saturated rings. The number of nitrogens with zero attached hydrogens (tertiary/aromatic N) is 2. The largest absolute Gasteiger partial charge is 0.433 e. The summed E-state index contributed by atoms with van der Waals surface area (Å²) in [6.45, 7) is 5.79. The number of aryl methyl sites for hydroxylation is 2. The smallest absolute Gasteiger partial charge is 0.344 e. The van der Waals surface area contributed by atoms with Gasteiger partial charge in [0.15, 0.2) is 0 Å². The SMILES string of the molecule is CC1(C)Cc2c(c3cc(Cl)ccc3n2CCc2ccc(C(F)(F)F)nc2)CN1. The second kappa shape index (κ2) is 6.78. The van der Waals surface area contributed by atoms with E-state index in [0.717, 1.165) is 35.5 Å². The Morgan fingerprint density at radius 2 is 2.00 bits per heavy atom. The van der Waals surface area contributed by atoms with Gasteiger partial charge in [0.1, 0.15) is 5.69 Å². The first-order valence-corrected chi connectivity index (χ1v) is 9.58. The van der Waals surface area contributed by atoms with Crippen molar-refractivity contribution in [1.82, 2.24) is 14.9 Å². The van der Waals surface area contributed by atoms with Crippen molar-refractivity contribution in [3.8, 4) is 0 Å². The Morgan fingerprint density at radius 1 is 1.21 bits per heavy atom. The van der Waals surface area contributed by atoms with Crippen LogP contribution in [0.4, 0.5) is 13.2 Å². The number of hydrogen-bond donors (Lipinski definition) is 1. The van der Waals surface area contributed by atoms with E-state index in [1.807, 2.05) is 18.2 Å². The number of rotatable bonds is 3. The molecular formula is C21H21ClF3N3. The van der Waals surface area contributed by atoms with E-state index in [1.165, 1.54) is 23.5 Å². The van der Waals surface area contributed by atoms with E-state index in [9.17, 15) is 13.2 Å². The highest BCUT2D eigenvalue weighted by Crippen LogP contribution is 2.34. The summed E-state index contributed by atoms with van der Waals surface area (Å²) in [4.78, 5) is 3.57. The molecule has 0 aliphatic carbocycles. The molecule has 0 spiro atoms. The summed E-state index contributed by atoms with van der Waals surface area (Å²) in [5.41, 5.74) is 3.53. The average Bonchev–Trinajstić information content (AvgIpc) is 2.90. The first-order valence-electron chi connectivity index (χ1n) is 9.21. The van der Waals surface area contributed by atoms with Crippen molar-refractivity contribution in [2.45, 2.75) is 51.5 Å². The maximum Gasteiger partial charge on any atom is 0.433 e. The van der Waals surface area contributed by atoms with Gasteiger partial charge in [-0.2, -0.15) is 13.2 Å². The van der Waals surface area contributed by atoms with E-state index in [-0.39, 0.29) is 5.54 Å². The van der Waals surface area contributed by atoms with Crippen molar-refractivity contribution in [2.75, 3.05) is 0 Å². The molecule has 3 heterocycles. The molecule has 7 heteroatoms. The summed E-state index contributed by atoms with van der Waals surface area (Å²) in [5, 5.41) is 5.39. The molecule has 0 atom stereocenters. The fourth-order valence-corrected chi connectivity index (χ4v) is 4.07. The van der Waals surface area contributed by atoms with Gasteiger partial charge in [-0.3, -0.25) is 4.98 Å².